The van der Waals surface area contributed by atoms with Crippen LogP contribution in [0.15, 0.2) is 46.5 Å². The molecule has 2 rings (SSSR count). The second-order valence-electron chi connectivity index (χ2n) is 3.13. The fourth-order valence-electron chi connectivity index (χ4n) is 1.11. The third kappa shape index (κ3) is 2.95. The van der Waals surface area contributed by atoms with E-state index in [-0.39, 0.29) is 10.3 Å². The number of rotatable bonds is 3. The van der Waals surface area contributed by atoms with Gasteiger partial charge in [0.05, 0.1) is 0 Å². The molecule has 18 heavy (non-hydrogen) atoms. The molecule has 0 amide bonds. The van der Waals surface area contributed by atoms with Gasteiger partial charge >= 0.3 is 0 Å². The van der Waals surface area contributed by atoms with E-state index in [0.29, 0.717) is 19.5 Å². The number of hydrogen-bond acceptors (Lipinski definition) is 4. The van der Waals surface area contributed by atoms with E-state index in [9.17, 15) is 10.4 Å². The Morgan fingerprint density at radius 3 is 1.56 bits per heavy atom. The van der Waals surface area contributed by atoms with Gasteiger partial charge in [-0.05, 0) is 35.3 Å². The van der Waals surface area contributed by atoms with Crippen LogP contribution in [0.4, 0.5) is 0 Å². The van der Waals surface area contributed by atoms with Crippen molar-refractivity contribution in [1.29, 1.82) is 0 Å². The quantitative estimate of drug-likeness (QED) is 0.377. The summed E-state index contributed by atoms with van der Waals surface area (Å²) >= 11 is 11.4. The molecular weight excluding hydrogens is 315 g/mol. The van der Waals surface area contributed by atoms with E-state index < -0.39 is 0 Å². The largest absolute Gasteiger partial charge is 0.617 e. The lowest BCUT2D eigenvalue weighted by Crippen LogP contribution is -2.31. The molecule has 0 aromatic carbocycles. The SMILES string of the molecule is [O-][n+]1c(Cl)cccc1SSc1cccc(Cl)[n+]1[O-]. The molecule has 0 radical (unpaired) electrons. The van der Waals surface area contributed by atoms with Crippen LogP contribution in [-0.4, -0.2) is 0 Å². The maximum atomic E-state index is 11.6. The van der Waals surface area contributed by atoms with E-state index in [1.54, 1.807) is 24.3 Å². The molecule has 0 N–H and O–H groups in total. The number of aromatic nitrogens is 2. The summed E-state index contributed by atoms with van der Waals surface area (Å²) in [6.45, 7) is 0. The highest BCUT2D eigenvalue weighted by Gasteiger charge is 2.15. The Kier molecular flexibility index (Phi) is 4.45. The first-order valence-corrected chi connectivity index (χ1v) is 7.61. The molecule has 0 aliphatic rings. The fraction of sp³-hybridized carbons (Fsp3) is 0. The van der Waals surface area contributed by atoms with Crippen molar-refractivity contribution in [2.75, 3.05) is 0 Å². The molecule has 0 atom stereocenters. The topological polar surface area (TPSA) is 53.9 Å². The van der Waals surface area contributed by atoms with Crippen LogP contribution in [0.25, 0.3) is 0 Å². The standard InChI is InChI=1S/C10H6Cl2N2O2S2/c11-7-3-1-5-9(13(7)15)17-18-10-6-2-4-8(12)14(10)16/h1-6H. The molecule has 2 aromatic heterocycles. The summed E-state index contributed by atoms with van der Waals surface area (Å²) < 4.78 is 1.19. The molecule has 0 bridgehead atoms. The average molecular weight is 321 g/mol. The van der Waals surface area contributed by atoms with Crippen LogP contribution in [0.3, 0.4) is 0 Å². The summed E-state index contributed by atoms with van der Waals surface area (Å²) in [5, 5.41) is 24.1. The van der Waals surface area contributed by atoms with Gasteiger partial charge < -0.3 is 10.4 Å². The molecule has 0 unspecified atom stereocenters. The minimum Gasteiger partial charge on any atom is -0.617 e. The van der Waals surface area contributed by atoms with Crippen LogP contribution in [0.5, 0.6) is 0 Å². The molecule has 2 aromatic rings. The predicted octanol–water partition coefficient (Wildman–Crippen LogP) is 3.06. The molecule has 8 heteroatoms. The van der Waals surface area contributed by atoms with Crippen LogP contribution in [0.1, 0.15) is 0 Å². The van der Waals surface area contributed by atoms with Crippen LogP contribution in [0.2, 0.25) is 10.3 Å². The average Bonchev–Trinajstić information content (AvgIpc) is 2.36. The van der Waals surface area contributed by atoms with Crippen molar-refractivity contribution in [3.05, 3.63) is 57.1 Å². The summed E-state index contributed by atoms with van der Waals surface area (Å²) in [4.78, 5) is 0. The second-order valence-corrected chi connectivity index (χ2v) is 6.07. The van der Waals surface area contributed by atoms with Crippen molar-refractivity contribution < 1.29 is 9.46 Å². The van der Waals surface area contributed by atoms with Gasteiger partial charge in [-0.2, -0.15) is 0 Å². The lowest BCUT2D eigenvalue weighted by molar-refractivity contribution is -0.644. The first-order chi connectivity index (χ1) is 8.59. The highest BCUT2D eigenvalue weighted by molar-refractivity contribution is 8.76. The van der Waals surface area contributed by atoms with Gasteiger partial charge in [0, 0.05) is 45.9 Å². The summed E-state index contributed by atoms with van der Waals surface area (Å²) in [5.41, 5.74) is 0. The maximum absolute atomic E-state index is 11.6. The van der Waals surface area contributed by atoms with Gasteiger partial charge in [-0.15, -0.1) is 9.46 Å². The highest BCUT2D eigenvalue weighted by atomic mass is 35.5. The van der Waals surface area contributed by atoms with Gasteiger partial charge in [0.15, 0.2) is 0 Å². The summed E-state index contributed by atoms with van der Waals surface area (Å²) in [6, 6.07) is 9.57. The normalized spacial score (nSPS) is 10.6. The fourth-order valence-corrected chi connectivity index (χ4v) is 3.56. The minimum atomic E-state index is 0.0849. The van der Waals surface area contributed by atoms with Crippen molar-refractivity contribution in [3.63, 3.8) is 0 Å². The second kappa shape index (κ2) is 5.88. The van der Waals surface area contributed by atoms with E-state index in [1.165, 1.54) is 12.1 Å². The van der Waals surface area contributed by atoms with Crippen LogP contribution >= 0.6 is 44.8 Å². The van der Waals surface area contributed by atoms with E-state index in [0.717, 1.165) is 21.6 Å². The molecule has 0 spiro atoms. The molecule has 0 saturated heterocycles. The minimum absolute atomic E-state index is 0.0849. The van der Waals surface area contributed by atoms with Crippen molar-refractivity contribution in [1.82, 2.24) is 0 Å². The van der Waals surface area contributed by atoms with Gasteiger partial charge in [-0.25, -0.2) is 0 Å². The number of nitrogens with zero attached hydrogens (tertiary/aromatic N) is 2. The Labute approximate surface area is 121 Å². The Hall–Kier alpha value is -0.820. The first-order valence-electron chi connectivity index (χ1n) is 4.70. The highest BCUT2D eigenvalue weighted by Crippen LogP contribution is 2.34. The Bertz CT molecular complexity index is 532. The van der Waals surface area contributed by atoms with E-state index in [4.69, 9.17) is 23.2 Å². The molecule has 2 heterocycles. The maximum Gasteiger partial charge on any atom is 0.287 e. The summed E-state index contributed by atoms with van der Waals surface area (Å²) in [5.74, 6) is 0. The smallest absolute Gasteiger partial charge is 0.287 e. The summed E-state index contributed by atoms with van der Waals surface area (Å²) in [6.07, 6.45) is 0. The Morgan fingerprint density at radius 1 is 0.778 bits per heavy atom. The number of halogens is 2. The third-order valence-corrected chi connectivity index (χ3v) is 4.81. The van der Waals surface area contributed by atoms with Gasteiger partial charge in [0.25, 0.3) is 20.4 Å². The predicted molar refractivity (Wildman–Crippen MR) is 72.5 cm³/mol. The zero-order valence-corrected chi connectivity index (χ0v) is 11.9. The van der Waals surface area contributed by atoms with Crippen molar-refractivity contribution in [2.45, 2.75) is 10.1 Å². The van der Waals surface area contributed by atoms with Gasteiger partial charge in [0.2, 0.25) is 0 Å². The van der Waals surface area contributed by atoms with E-state index in [2.05, 4.69) is 0 Å². The van der Waals surface area contributed by atoms with Gasteiger partial charge in [-0.1, -0.05) is 0 Å². The first kappa shape index (κ1) is 13.6. The van der Waals surface area contributed by atoms with E-state index >= 15 is 0 Å². The molecule has 0 saturated carbocycles. The molecular formula is C10H6Cl2N2O2S2. The summed E-state index contributed by atoms with van der Waals surface area (Å²) in [7, 11) is 2.28. The van der Waals surface area contributed by atoms with Gasteiger partial charge in [0.1, 0.15) is 0 Å². The number of pyridine rings is 2. The number of hydrogen-bond donors (Lipinski definition) is 0. The molecule has 94 valence electrons. The Balaban J connectivity index is 2.17. The van der Waals surface area contributed by atoms with Crippen molar-refractivity contribution in [2.24, 2.45) is 0 Å². The molecule has 4 nitrogen and oxygen atoms in total. The van der Waals surface area contributed by atoms with Crippen molar-refractivity contribution in [3.8, 4) is 0 Å². The lowest BCUT2D eigenvalue weighted by atomic mass is 10.5. The monoisotopic (exact) mass is 320 g/mol. The third-order valence-electron chi connectivity index (χ3n) is 1.95. The molecule has 0 aliphatic carbocycles. The lowest BCUT2D eigenvalue weighted by Gasteiger charge is -2.05. The van der Waals surface area contributed by atoms with E-state index in [1.807, 2.05) is 0 Å². The zero-order chi connectivity index (χ0) is 13.1. The molecule has 0 fully saturated rings. The van der Waals surface area contributed by atoms with Gasteiger partial charge in [-0.3, -0.25) is 0 Å². The van der Waals surface area contributed by atoms with Crippen LogP contribution in [0, 0.1) is 10.4 Å². The van der Waals surface area contributed by atoms with Crippen molar-refractivity contribution >= 4 is 44.8 Å². The Morgan fingerprint density at radius 2 is 1.17 bits per heavy atom. The zero-order valence-electron chi connectivity index (χ0n) is 8.75. The van der Waals surface area contributed by atoms with Crippen LogP contribution in [-0.2, 0) is 0 Å². The molecule has 0 aliphatic heterocycles. The van der Waals surface area contributed by atoms with Crippen LogP contribution < -0.4 is 9.46 Å².